The van der Waals surface area contributed by atoms with E-state index in [1.165, 1.54) is 30.5 Å². The standard InChI is InChI=1S/C21H31N3O/c1-17-6-3-4-7-19(17)23-13-8-18(9-14-23)24-15-11-21(16-24)10-5-12-22(2)20(21)25/h3-4,6-7,18H,5,8-16H2,1-2H3. The summed E-state index contributed by atoms with van der Waals surface area (Å²) in [5.74, 6) is 0.401. The van der Waals surface area contributed by atoms with Crippen LogP contribution >= 0.6 is 0 Å². The van der Waals surface area contributed by atoms with Crippen LogP contribution in [-0.4, -0.2) is 61.5 Å². The molecule has 136 valence electrons. The summed E-state index contributed by atoms with van der Waals surface area (Å²) in [5.41, 5.74) is 2.69. The Kier molecular flexibility index (Phi) is 4.48. The second kappa shape index (κ2) is 6.64. The highest BCUT2D eigenvalue weighted by molar-refractivity contribution is 5.83. The molecular weight excluding hydrogens is 310 g/mol. The Morgan fingerprint density at radius 3 is 2.56 bits per heavy atom. The fraction of sp³-hybridized carbons (Fsp3) is 0.667. The third-order valence-corrected chi connectivity index (χ3v) is 6.77. The van der Waals surface area contributed by atoms with Gasteiger partial charge in [-0.3, -0.25) is 9.69 Å². The van der Waals surface area contributed by atoms with E-state index < -0.39 is 0 Å². The number of nitrogens with zero attached hydrogens (tertiary/aromatic N) is 3. The van der Waals surface area contributed by atoms with Crippen LogP contribution in [0.4, 0.5) is 5.69 Å². The molecule has 0 aromatic heterocycles. The van der Waals surface area contributed by atoms with Gasteiger partial charge in [0.25, 0.3) is 0 Å². The number of amides is 1. The number of likely N-dealkylation sites (tertiary alicyclic amines) is 2. The van der Waals surface area contributed by atoms with Crippen LogP contribution in [0.5, 0.6) is 0 Å². The van der Waals surface area contributed by atoms with Gasteiger partial charge in [0, 0.05) is 45.0 Å². The van der Waals surface area contributed by atoms with E-state index in [4.69, 9.17) is 0 Å². The van der Waals surface area contributed by atoms with Crippen molar-refractivity contribution in [1.82, 2.24) is 9.80 Å². The zero-order valence-electron chi connectivity index (χ0n) is 15.7. The van der Waals surface area contributed by atoms with Crippen molar-refractivity contribution in [2.24, 2.45) is 5.41 Å². The molecule has 1 spiro atoms. The van der Waals surface area contributed by atoms with E-state index in [9.17, 15) is 4.79 Å². The molecule has 0 saturated carbocycles. The molecule has 3 aliphatic rings. The molecule has 0 aliphatic carbocycles. The number of rotatable bonds is 2. The number of hydrogen-bond acceptors (Lipinski definition) is 3. The number of carbonyl (C=O) groups excluding carboxylic acids is 1. The molecule has 3 heterocycles. The average molecular weight is 341 g/mol. The molecule has 4 heteroatoms. The van der Waals surface area contributed by atoms with Crippen molar-refractivity contribution in [3.63, 3.8) is 0 Å². The molecular formula is C21H31N3O. The van der Waals surface area contributed by atoms with Crippen LogP contribution in [0, 0.1) is 12.3 Å². The number of para-hydroxylation sites is 1. The first-order valence-corrected chi connectivity index (χ1v) is 9.89. The van der Waals surface area contributed by atoms with Crippen molar-refractivity contribution >= 4 is 11.6 Å². The first-order chi connectivity index (χ1) is 12.1. The normalized spacial score (nSPS) is 29.0. The molecule has 0 radical (unpaired) electrons. The molecule has 1 unspecified atom stereocenters. The van der Waals surface area contributed by atoms with Crippen LogP contribution < -0.4 is 4.90 Å². The van der Waals surface area contributed by atoms with Crippen LogP contribution in [0.15, 0.2) is 24.3 Å². The first-order valence-electron chi connectivity index (χ1n) is 9.89. The van der Waals surface area contributed by atoms with Crippen molar-refractivity contribution in [3.05, 3.63) is 29.8 Å². The summed E-state index contributed by atoms with van der Waals surface area (Å²) in [6, 6.07) is 9.37. The van der Waals surface area contributed by atoms with E-state index in [0.29, 0.717) is 11.9 Å². The summed E-state index contributed by atoms with van der Waals surface area (Å²) in [6.07, 6.45) is 5.76. The summed E-state index contributed by atoms with van der Waals surface area (Å²) in [6.45, 7) is 7.51. The fourth-order valence-corrected chi connectivity index (χ4v) is 5.25. The van der Waals surface area contributed by atoms with E-state index >= 15 is 0 Å². The summed E-state index contributed by atoms with van der Waals surface area (Å²) >= 11 is 0. The number of anilines is 1. The van der Waals surface area contributed by atoms with Gasteiger partial charge < -0.3 is 9.80 Å². The Hall–Kier alpha value is -1.55. The van der Waals surface area contributed by atoms with Crippen molar-refractivity contribution in [3.8, 4) is 0 Å². The second-order valence-corrected chi connectivity index (χ2v) is 8.34. The third kappa shape index (κ3) is 3.05. The number of aryl methyl sites for hydroxylation is 1. The van der Waals surface area contributed by atoms with Crippen LogP contribution in [0.1, 0.15) is 37.7 Å². The van der Waals surface area contributed by atoms with E-state index in [1.54, 1.807) is 0 Å². The Morgan fingerprint density at radius 2 is 1.80 bits per heavy atom. The van der Waals surface area contributed by atoms with Gasteiger partial charge in [0.05, 0.1) is 5.41 Å². The topological polar surface area (TPSA) is 26.8 Å². The Labute approximate surface area is 151 Å². The van der Waals surface area contributed by atoms with E-state index in [0.717, 1.165) is 45.6 Å². The first kappa shape index (κ1) is 16.9. The maximum Gasteiger partial charge on any atom is 0.229 e. The van der Waals surface area contributed by atoms with E-state index in [2.05, 4.69) is 41.0 Å². The predicted octanol–water partition coefficient (Wildman–Crippen LogP) is 2.91. The SMILES string of the molecule is Cc1ccccc1N1CCC(N2CCC3(CCCN(C)C3=O)C2)CC1. The highest BCUT2D eigenvalue weighted by atomic mass is 16.2. The third-order valence-electron chi connectivity index (χ3n) is 6.77. The predicted molar refractivity (Wildman–Crippen MR) is 102 cm³/mol. The van der Waals surface area contributed by atoms with Crippen LogP contribution in [0.25, 0.3) is 0 Å². The summed E-state index contributed by atoms with van der Waals surface area (Å²) in [7, 11) is 1.98. The molecule has 25 heavy (non-hydrogen) atoms. The molecule has 3 aliphatic heterocycles. The minimum atomic E-state index is -0.0693. The van der Waals surface area contributed by atoms with Gasteiger partial charge in [0.15, 0.2) is 0 Å². The minimum absolute atomic E-state index is 0.0693. The molecule has 0 N–H and O–H groups in total. The highest BCUT2D eigenvalue weighted by Gasteiger charge is 2.48. The Morgan fingerprint density at radius 1 is 1.04 bits per heavy atom. The van der Waals surface area contributed by atoms with Crippen LogP contribution in [0.3, 0.4) is 0 Å². The van der Waals surface area contributed by atoms with Crippen molar-refractivity contribution in [1.29, 1.82) is 0 Å². The Balaban J connectivity index is 1.38. The van der Waals surface area contributed by atoms with Crippen LogP contribution in [0.2, 0.25) is 0 Å². The Bertz CT molecular complexity index is 638. The molecule has 0 bridgehead atoms. The van der Waals surface area contributed by atoms with Crippen molar-refractivity contribution in [2.75, 3.05) is 44.7 Å². The van der Waals surface area contributed by atoms with Crippen molar-refractivity contribution in [2.45, 2.75) is 45.1 Å². The maximum absolute atomic E-state index is 12.7. The molecule has 3 fully saturated rings. The molecule has 4 nitrogen and oxygen atoms in total. The lowest BCUT2D eigenvalue weighted by Crippen LogP contribution is -2.50. The van der Waals surface area contributed by atoms with E-state index in [-0.39, 0.29) is 5.41 Å². The number of carbonyl (C=O) groups is 1. The molecule has 4 rings (SSSR count). The smallest absolute Gasteiger partial charge is 0.229 e. The molecule has 3 saturated heterocycles. The number of benzene rings is 1. The lowest BCUT2D eigenvalue weighted by atomic mass is 9.78. The second-order valence-electron chi connectivity index (χ2n) is 8.34. The van der Waals surface area contributed by atoms with Gasteiger partial charge in [-0.2, -0.15) is 0 Å². The lowest BCUT2D eigenvalue weighted by Gasteiger charge is -2.40. The zero-order chi connectivity index (χ0) is 17.4. The largest absolute Gasteiger partial charge is 0.371 e. The molecule has 1 amide bonds. The van der Waals surface area contributed by atoms with Gasteiger partial charge in [0.2, 0.25) is 5.91 Å². The summed E-state index contributed by atoms with van der Waals surface area (Å²) in [4.78, 5) is 19.9. The van der Waals surface area contributed by atoms with Gasteiger partial charge in [-0.25, -0.2) is 0 Å². The summed E-state index contributed by atoms with van der Waals surface area (Å²) < 4.78 is 0. The summed E-state index contributed by atoms with van der Waals surface area (Å²) in [5, 5.41) is 0. The fourth-order valence-electron chi connectivity index (χ4n) is 5.25. The quantitative estimate of drug-likeness (QED) is 0.827. The number of piperidine rings is 2. The van der Waals surface area contributed by atoms with E-state index in [1.807, 2.05) is 11.9 Å². The molecule has 1 aromatic carbocycles. The monoisotopic (exact) mass is 341 g/mol. The molecule has 1 atom stereocenters. The van der Waals surface area contributed by atoms with Gasteiger partial charge in [-0.05, 0) is 57.2 Å². The number of hydrogen-bond donors (Lipinski definition) is 0. The van der Waals surface area contributed by atoms with Gasteiger partial charge in [0.1, 0.15) is 0 Å². The van der Waals surface area contributed by atoms with Gasteiger partial charge >= 0.3 is 0 Å². The van der Waals surface area contributed by atoms with Gasteiger partial charge in [-0.1, -0.05) is 18.2 Å². The average Bonchev–Trinajstić information content (AvgIpc) is 3.05. The maximum atomic E-state index is 12.7. The lowest BCUT2D eigenvalue weighted by molar-refractivity contribution is -0.144. The highest BCUT2D eigenvalue weighted by Crippen LogP contribution is 2.41. The van der Waals surface area contributed by atoms with Crippen molar-refractivity contribution < 1.29 is 4.79 Å². The minimum Gasteiger partial charge on any atom is -0.371 e. The van der Waals surface area contributed by atoms with Crippen LogP contribution in [-0.2, 0) is 4.79 Å². The zero-order valence-corrected chi connectivity index (χ0v) is 15.7. The molecule has 1 aromatic rings. The van der Waals surface area contributed by atoms with Gasteiger partial charge in [-0.15, -0.1) is 0 Å².